The van der Waals surface area contributed by atoms with Crippen molar-refractivity contribution < 1.29 is 36.6 Å². The molecule has 4 nitrogen and oxygen atoms in total. The lowest BCUT2D eigenvalue weighted by Gasteiger charge is -2.36. The van der Waals surface area contributed by atoms with Gasteiger partial charge in [0.2, 0.25) is 0 Å². The van der Waals surface area contributed by atoms with Crippen LogP contribution in [0.15, 0.2) is 0 Å². The standard InChI is InChI=1S/C13H24O2.C8H12F4O2/c1-5-12(2,3)11(14)15-13(4)9-7-6-8-10-13;1-3-5(2)6(13)14-4-8(11,12)7(9)10/h5-10H2,1-4H3;5,7H,3-4H2,1-2H3. The van der Waals surface area contributed by atoms with Crippen LogP contribution in [-0.2, 0) is 19.1 Å². The maximum atomic E-state index is 12.2. The Morgan fingerprint density at radius 2 is 1.59 bits per heavy atom. The van der Waals surface area contributed by atoms with E-state index in [9.17, 15) is 27.2 Å². The minimum Gasteiger partial charge on any atom is -0.459 e. The normalized spacial score (nSPS) is 17.8. The second-order valence-corrected chi connectivity index (χ2v) is 8.62. The topological polar surface area (TPSA) is 52.6 Å². The zero-order chi connectivity index (χ0) is 22.9. The summed E-state index contributed by atoms with van der Waals surface area (Å²) < 4.78 is 57.5. The highest BCUT2D eigenvalue weighted by Crippen LogP contribution is 2.34. The van der Waals surface area contributed by atoms with Crippen LogP contribution in [0.3, 0.4) is 0 Å². The van der Waals surface area contributed by atoms with Crippen molar-refractivity contribution in [3.8, 4) is 0 Å². The first-order valence-corrected chi connectivity index (χ1v) is 10.3. The third kappa shape index (κ3) is 9.81. The van der Waals surface area contributed by atoms with Crippen LogP contribution in [0.5, 0.6) is 0 Å². The van der Waals surface area contributed by atoms with Crippen molar-refractivity contribution in [3.63, 3.8) is 0 Å². The fourth-order valence-electron chi connectivity index (χ4n) is 2.45. The number of esters is 2. The highest BCUT2D eigenvalue weighted by atomic mass is 19.3. The average Bonchev–Trinajstić information content (AvgIpc) is 2.66. The number of hydrogen-bond acceptors (Lipinski definition) is 4. The average molecular weight is 429 g/mol. The van der Waals surface area contributed by atoms with E-state index in [1.54, 1.807) is 6.92 Å². The van der Waals surface area contributed by atoms with Crippen molar-refractivity contribution in [2.24, 2.45) is 11.3 Å². The molecule has 1 aliphatic rings. The molecular weight excluding hydrogens is 392 g/mol. The van der Waals surface area contributed by atoms with E-state index in [0.717, 1.165) is 19.3 Å². The van der Waals surface area contributed by atoms with Crippen LogP contribution < -0.4 is 0 Å². The molecule has 0 amide bonds. The molecule has 1 atom stereocenters. The summed E-state index contributed by atoms with van der Waals surface area (Å²) >= 11 is 0. The van der Waals surface area contributed by atoms with Crippen molar-refractivity contribution in [3.05, 3.63) is 0 Å². The molecule has 0 heterocycles. The van der Waals surface area contributed by atoms with Crippen molar-refractivity contribution in [1.29, 1.82) is 0 Å². The number of alkyl halides is 4. The van der Waals surface area contributed by atoms with Crippen molar-refractivity contribution in [2.45, 2.75) is 104 Å². The largest absolute Gasteiger partial charge is 0.459 e. The second kappa shape index (κ2) is 11.7. The van der Waals surface area contributed by atoms with Crippen molar-refractivity contribution in [1.82, 2.24) is 0 Å². The zero-order valence-corrected chi connectivity index (χ0v) is 18.5. The molecule has 0 spiro atoms. The van der Waals surface area contributed by atoms with E-state index in [-0.39, 0.29) is 17.0 Å². The summed E-state index contributed by atoms with van der Waals surface area (Å²) in [7, 11) is 0. The SMILES string of the molecule is CCC(C)(C)C(=O)OC1(C)CCCCC1.CCC(C)C(=O)OCC(F)(F)C(F)F. The Bertz CT molecular complexity index is 515. The van der Waals surface area contributed by atoms with E-state index >= 15 is 0 Å². The van der Waals surface area contributed by atoms with Gasteiger partial charge in [0.15, 0.2) is 6.61 Å². The fraction of sp³-hybridized carbons (Fsp3) is 0.905. The van der Waals surface area contributed by atoms with E-state index in [2.05, 4.69) is 11.7 Å². The quantitative estimate of drug-likeness (QED) is 0.343. The molecule has 1 rings (SSSR count). The Kier molecular flexibility index (Phi) is 11.2. The van der Waals surface area contributed by atoms with Gasteiger partial charge in [-0.25, -0.2) is 8.78 Å². The third-order valence-corrected chi connectivity index (χ3v) is 5.43. The molecule has 0 radical (unpaired) electrons. The Labute approximate surface area is 171 Å². The first-order valence-electron chi connectivity index (χ1n) is 10.3. The number of ether oxygens (including phenoxy) is 2. The van der Waals surface area contributed by atoms with Gasteiger partial charge in [0.1, 0.15) is 5.60 Å². The lowest BCUT2D eigenvalue weighted by atomic mass is 9.85. The zero-order valence-electron chi connectivity index (χ0n) is 18.5. The highest BCUT2D eigenvalue weighted by molar-refractivity contribution is 5.76. The summed E-state index contributed by atoms with van der Waals surface area (Å²) in [5.41, 5.74) is -0.526. The lowest BCUT2D eigenvalue weighted by molar-refractivity contribution is -0.182. The molecular formula is C21H36F4O4. The van der Waals surface area contributed by atoms with Crippen LogP contribution >= 0.6 is 0 Å². The highest BCUT2D eigenvalue weighted by Gasteiger charge is 2.42. The van der Waals surface area contributed by atoms with E-state index in [1.807, 2.05) is 20.8 Å². The van der Waals surface area contributed by atoms with Crippen LogP contribution in [0, 0.1) is 11.3 Å². The fourth-order valence-corrected chi connectivity index (χ4v) is 2.45. The summed E-state index contributed by atoms with van der Waals surface area (Å²) in [6.07, 6.45) is 3.15. The van der Waals surface area contributed by atoms with Crippen LogP contribution in [0.1, 0.15) is 86.5 Å². The van der Waals surface area contributed by atoms with Gasteiger partial charge in [0.05, 0.1) is 11.3 Å². The summed E-state index contributed by atoms with van der Waals surface area (Å²) in [4.78, 5) is 22.8. The van der Waals surface area contributed by atoms with Gasteiger partial charge in [0.25, 0.3) is 0 Å². The Balaban J connectivity index is 0.000000543. The Morgan fingerprint density at radius 3 is 2.00 bits per heavy atom. The molecule has 0 N–H and O–H groups in total. The van der Waals surface area contributed by atoms with E-state index in [4.69, 9.17) is 4.74 Å². The monoisotopic (exact) mass is 428 g/mol. The summed E-state index contributed by atoms with van der Waals surface area (Å²) in [6, 6.07) is 0. The predicted molar refractivity (Wildman–Crippen MR) is 103 cm³/mol. The third-order valence-electron chi connectivity index (χ3n) is 5.43. The second-order valence-electron chi connectivity index (χ2n) is 8.62. The van der Waals surface area contributed by atoms with E-state index in [0.29, 0.717) is 6.42 Å². The number of carbonyl (C=O) groups excluding carboxylic acids is 2. The number of halogens is 4. The molecule has 0 aliphatic heterocycles. The Hall–Kier alpha value is -1.34. The van der Waals surface area contributed by atoms with Crippen LogP contribution in [0.4, 0.5) is 17.6 Å². The number of hydrogen-bond donors (Lipinski definition) is 0. The predicted octanol–water partition coefficient (Wildman–Crippen LogP) is 6.16. The number of rotatable bonds is 8. The van der Waals surface area contributed by atoms with Gasteiger partial charge >= 0.3 is 24.3 Å². The first-order chi connectivity index (χ1) is 13.2. The van der Waals surface area contributed by atoms with Gasteiger partial charge < -0.3 is 9.47 Å². The van der Waals surface area contributed by atoms with Crippen LogP contribution in [0.2, 0.25) is 0 Å². The van der Waals surface area contributed by atoms with E-state index < -0.39 is 30.8 Å². The van der Waals surface area contributed by atoms with Gasteiger partial charge in [0, 0.05) is 0 Å². The van der Waals surface area contributed by atoms with Gasteiger partial charge in [-0.2, -0.15) is 8.78 Å². The van der Waals surface area contributed by atoms with Gasteiger partial charge in [-0.15, -0.1) is 0 Å². The van der Waals surface area contributed by atoms with Gasteiger partial charge in [-0.05, 0) is 59.3 Å². The lowest BCUT2D eigenvalue weighted by Crippen LogP contribution is -2.38. The molecule has 0 aromatic heterocycles. The van der Waals surface area contributed by atoms with Gasteiger partial charge in [-0.3, -0.25) is 9.59 Å². The maximum absolute atomic E-state index is 12.2. The first kappa shape index (κ1) is 27.7. The molecule has 0 saturated heterocycles. The Morgan fingerprint density at radius 1 is 1.07 bits per heavy atom. The van der Waals surface area contributed by atoms with Crippen molar-refractivity contribution in [2.75, 3.05) is 6.61 Å². The molecule has 29 heavy (non-hydrogen) atoms. The molecule has 0 aromatic carbocycles. The molecule has 1 unspecified atom stereocenters. The smallest absolute Gasteiger partial charge is 0.340 e. The van der Waals surface area contributed by atoms with Crippen LogP contribution in [0.25, 0.3) is 0 Å². The molecule has 1 saturated carbocycles. The summed E-state index contributed by atoms with van der Waals surface area (Å²) in [5.74, 6) is -5.73. The molecule has 1 fully saturated rings. The molecule has 1 aliphatic carbocycles. The van der Waals surface area contributed by atoms with Gasteiger partial charge in [-0.1, -0.05) is 27.2 Å². The molecule has 8 heteroatoms. The number of carbonyl (C=O) groups is 2. The van der Waals surface area contributed by atoms with Crippen LogP contribution in [-0.4, -0.2) is 36.5 Å². The molecule has 0 bridgehead atoms. The minimum absolute atomic E-state index is 0.0330. The molecule has 0 aromatic rings. The van der Waals surface area contributed by atoms with Crippen molar-refractivity contribution >= 4 is 11.9 Å². The minimum atomic E-state index is -4.26. The summed E-state index contributed by atoms with van der Waals surface area (Å²) in [6.45, 7) is 9.61. The summed E-state index contributed by atoms with van der Waals surface area (Å²) in [5, 5.41) is 0. The van der Waals surface area contributed by atoms with E-state index in [1.165, 1.54) is 26.2 Å². The maximum Gasteiger partial charge on any atom is 0.340 e. The molecule has 172 valence electrons.